The van der Waals surface area contributed by atoms with Gasteiger partial charge in [-0.1, -0.05) is 12.1 Å². The van der Waals surface area contributed by atoms with E-state index in [9.17, 15) is 0 Å². The molecule has 0 heterocycles. The van der Waals surface area contributed by atoms with E-state index in [4.69, 9.17) is 9.47 Å². The number of benzene rings is 1. The molecule has 0 aliphatic carbocycles. The van der Waals surface area contributed by atoms with E-state index in [1.165, 1.54) is 32.5 Å². The first-order valence-corrected chi connectivity index (χ1v) is 7.41. The molecule has 0 aliphatic heterocycles. The third-order valence-corrected chi connectivity index (χ3v) is 3.50. The van der Waals surface area contributed by atoms with Gasteiger partial charge in [0.15, 0.2) is 11.5 Å². The quantitative estimate of drug-likeness (QED) is 0.656. The first kappa shape index (κ1) is 15.8. The molecule has 0 radical (unpaired) electrons. The van der Waals surface area contributed by atoms with Crippen LogP contribution in [0.25, 0.3) is 0 Å². The van der Waals surface area contributed by atoms with E-state index in [0.717, 1.165) is 24.5 Å². The Hall–Kier alpha value is -1.22. The summed E-state index contributed by atoms with van der Waals surface area (Å²) < 4.78 is 11.0. The van der Waals surface area contributed by atoms with Crippen LogP contribution in [0.4, 0.5) is 0 Å². The van der Waals surface area contributed by atoms with E-state index in [1.807, 2.05) is 24.3 Å². The summed E-state index contributed by atoms with van der Waals surface area (Å²) in [6.07, 6.45) is 3.63. The lowest BCUT2D eigenvalue weighted by Gasteiger charge is -2.15. The lowest BCUT2D eigenvalue weighted by Crippen LogP contribution is -3.11. The minimum atomic E-state index is 0.772. The van der Waals surface area contributed by atoms with Crippen molar-refractivity contribution >= 4 is 0 Å². The molecule has 1 aromatic rings. The van der Waals surface area contributed by atoms with Crippen LogP contribution in [-0.2, 0) is 0 Å². The number of methoxy groups -OCH3 is 1. The number of unbranched alkanes of at least 4 members (excludes halogenated alkanes) is 2. The van der Waals surface area contributed by atoms with Gasteiger partial charge in [-0.15, -0.1) is 0 Å². The highest BCUT2D eigenvalue weighted by Gasteiger charge is 2.03. The summed E-state index contributed by atoms with van der Waals surface area (Å²) in [7, 11) is 1.68. The minimum absolute atomic E-state index is 0.772. The van der Waals surface area contributed by atoms with Crippen LogP contribution < -0.4 is 14.4 Å². The van der Waals surface area contributed by atoms with Crippen molar-refractivity contribution in [1.82, 2.24) is 0 Å². The third kappa shape index (κ3) is 5.97. The second-order valence-corrected chi connectivity index (χ2v) is 4.77. The van der Waals surface area contributed by atoms with Crippen molar-refractivity contribution in [3.05, 3.63) is 24.3 Å². The maximum absolute atomic E-state index is 5.76. The Bertz CT molecular complexity index is 337. The second kappa shape index (κ2) is 9.68. The molecule has 0 saturated heterocycles. The van der Waals surface area contributed by atoms with Crippen molar-refractivity contribution in [3.63, 3.8) is 0 Å². The molecule has 1 rings (SSSR count). The van der Waals surface area contributed by atoms with Crippen LogP contribution in [0, 0.1) is 0 Å². The molecule has 1 aromatic carbocycles. The molecular weight excluding hydrogens is 238 g/mol. The molecule has 0 bridgehead atoms. The molecule has 0 saturated carbocycles. The first-order valence-electron chi connectivity index (χ1n) is 7.41. The first-order chi connectivity index (χ1) is 9.31. The molecule has 0 spiro atoms. The summed E-state index contributed by atoms with van der Waals surface area (Å²) >= 11 is 0. The number of nitrogens with one attached hydrogen (secondary N) is 1. The van der Waals surface area contributed by atoms with Crippen molar-refractivity contribution in [3.8, 4) is 11.5 Å². The predicted molar refractivity (Wildman–Crippen MR) is 79.3 cm³/mol. The summed E-state index contributed by atoms with van der Waals surface area (Å²) in [6, 6.07) is 7.82. The zero-order valence-corrected chi connectivity index (χ0v) is 12.6. The molecule has 0 aromatic heterocycles. The molecule has 0 atom stereocenters. The van der Waals surface area contributed by atoms with Crippen molar-refractivity contribution < 1.29 is 14.4 Å². The maximum atomic E-state index is 5.76. The van der Waals surface area contributed by atoms with Crippen LogP contribution in [0.2, 0.25) is 0 Å². The van der Waals surface area contributed by atoms with Gasteiger partial charge in [0.1, 0.15) is 0 Å². The fourth-order valence-electron chi connectivity index (χ4n) is 2.18. The highest BCUT2D eigenvalue weighted by molar-refractivity contribution is 5.39. The summed E-state index contributed by atoms with van der Waals surface area (Å²) in [5.41, 5.74) is 0. The highest BCUT2D eigenvalue weighted by atomic mass is 16.5. The highest BCUT2D eigenvalue weighted by Crippen LogP contribution is 2.25. The Labute approximate surface area is 117 Å². The lowest BCUT2D eigenvalue weighted by atomic mass is 10.2. The van der Waals surface area contributed by atoms with Gasteiger partial charge in [-0.3, -0.25) is 0 Å². The fourth-order valence-corrected chi connectivity index (χ4v) is 2.18. The van der Waals surface area contributed by atoms with Crippen LogP contribution >= 0.6 is 0 Å². The molecule has 1 N–H and O–H groups in total. The third-order valence-electron chi connectivity index (χ3n) is 3.50. The smallest absolute Gasteiger partial charge is 0.161 e. The van der Waals surface area contributed by atoms with E-state index < -0.39 is 0 Å². The van der Waals surface area contributed by atoms with Crippen LogP contribution in [0.1, 0.15) is 33.1 Å². The zero-order chi connectivity index (χ0) is 13.9. The predicted octanol–water partition coefficient (Wildman–Crippen LogP) is 2.17. The number of rotatable bonds is 10. The second-order valence-electron chi connectivity index (χ2n) is 4.77. The molecule has 3 nitrogen and oxygen atoms in total. The largest absolute Gasteiger partial charge is 0.493 e. The van der Waals surface area contributed by atoms with Gasteiger partial charge in [0.05, 0.1) is 33.4 Å². The van der Waals surface area contributed by atoms with Crippen LogP contribution in [0.5, 0.6) is 11.5 Å². The van der Waals surface area contributed by atoms with E-state index in [1.54, 1.807) is 12.0 Å². The summed E-state index contributed by atoms with van der Waals surface area (Å²) in [5.74, 6) is 1.66. The SMILES string of the molecule is CC[NH+](CC)CCCCCOc1ccccc1OC. The van der Waals surface area contributed by atoms with E-state index >= 15 is 0 Å². The van der Waals surface area contributed by atoms with Gasteiger partial charge >= 0.3 is 0 Å². The van der Waals surface area contributed by atoms with Gasteiger partial charge in [-0.05, 0) is 45.2 Å². The maximum Gasteiger partial charge on any atom is 0.161 e. The summed E-state index contributed by atoms with van der Waals surface area (Å²) in [4.78, 5) is 1.69. The van der Waals surface area contributed by atoms with Gasteiger partial charge in [0.25, 0.3) is 0 Å². The Morgan fingerprint density at radius 1 is 0.947 bits per heavy atom. The molecule has 3 heteroatoms. The van der Waals surface area contributed by atoms with Crippen LogP contribution in [0.15, 0.2) is 24.3 Å². The monoisotopic (exact) mass is 266 g/mol. The minimum Gasteiger partial charge on any atom is -0.493 e. The van der Waals surface area contributed by atoms with Crippen LogP contribution in [0.3, 0.4) is 0 Å². The van der Waals surface area contributed by atoms with Gasteiger partial charge in [-0.2, -0.15) is 0 Å². The Kier molecular flexibility index (Phi) is 8.07. The average molecular weight is 266 g/mol. The van der Waals surface area contributed by atoms with Gasteiger partial charge < -0.3 is 14.4 Å². The topological polar surface area (TPSA) is 22.9 Å². The molecule has 19 heavy (non-hydrogen) atoms. The zero-order valence-electron chi connectivity index (χ0n) is 12.6. The molecule has 108 valence electrons. The van der Waals surface area contributed by atoms with Crippen molar-refractivity contribution in [2.75, 3.05) is 33.4 Å². The Balaban J connectivity index is 2.14. The fraction of sp³-hybridized carbons (Fsp3) is 0.625. The number of para-hydroxylation sites is 2. The molecule has 0 unspecified atom stereocenters. The van der Waals surface area contributed by atoms with E-state index in [-0.39, 0.29) is 0 Å². The molecule has 0 fully saturated rings. The van der Waals surface area contributed by atoms with Crippen LogP contribution in [-0.4, -0.2) is 33.4 Å². The Morgan fingerprint density at radius 2 is 1.63 bits per heavy atom. The van der Waals surface area contributed by atoms with Gasteiger partial charge in [0.2, 0.25) is 0 Å². The summed E-state index contributed by atoms with van der Waals surface area (Å²) in [6.45, 7) is 9.02. The standard InChI is InChI=1S/C16H27NO2/c1-4-17(5-2)13-9-6-10-14-19-16-12-8-7-11-15(16)18-3/h7-8,11-12H,4-6,9-10,13-14H2,1-3H3/p+1. The molecule has 0 aliphatic rings. The van der Waals surface area contributed by atoms with Crippen molar-refractivity contribution in [2.45, 2.75) is 33.1 Å². The normalized spacial score (nSPS) is 10.7. The van der Waals surface area contributed by atoms with E-state index in [2.05, 4.69) is 13.8 Å². The average Bonchev–Trinajstić information content (AvgIpc) is 2.47. The van der Waals surface area contributed by atoms with Gasteiger partial charge in [-0.25, -0.2) is 0 Å². The van der Waals surface area contributed by atoms with Gasteiger partial charge in [0, 0.05) is 0 Å². The van der Waals surface area contributed by atoms with Crippen molar-refractivity contribution in [2.24, 2.45) is 0 Å². The number of ether oxygens (including phenoxy) is 2. The molecular formula is C16H28NO2+. The van der Waals surface area contributed by atoms with E-state index in [0.29, 0.717) is 0 Å². The number of hydrogen-bond donors (Lipinski definition) is 1. The Morgan fingerprint density at radius 3 is 2.26 bits per heavy atom. The number of quaternary nitrogens is 1. The van der Waals surface area contributed by atoms with Crippen molar-refractivity contribution in [1.29, 1.82) is 0 Å². The lowest BCUT2D eigenvalue weighted by molar-refractivity contribution is -0.896. The molecule has 0 amide bonds. The number of hydrogen-bond acceptors (Lipinski definition) is 2. The summed E-state index contributed by atoms with van der Waals surface area (Å²) in [5, 5.41) is 0.